The Morgan fingerprint density at radius 1 is 1.33 bits per heavy atom. The van der Waals surface area contributed by atoms with E-state index in [0.29, 0.717) is 0 Å². The van der Waals surface area contributed by atoms with Crippen molar-refractivity contribution in [1.82, 2.24) is 5.32 Å². The van der Waals surface area contributed by atoms with Crippen LogP contribution in [0.1, 0.15) is 49.5 Å². The number of rotatable bonds is 3. The van der Waals surface area contributed by atoms with Crippen LogP contribution in [-0.4, -0.2) is 12.1 Å². The van der Waals surface area contributed by atoms with Crippen LogP contribution in [-0.2, 0) is 4.74 Å². The number of hydrogen-bond donors (Lipinski definition) is 1. The van der Waals surface area contributed by atoms with Crippen molar-refractivity contribution in [2.45, 2.75) is 50.7 Å². The van der Waals surface area contributed by atoms with Crippen molar-refractivity contribution < 1.29 is 9.53 Å². The van der Waals surface area contributed by atoms with Crippen LogP contribution >= 0.6 is 11.3 Å². The summed E-state index contributed by atoms with van der Waals surface area (Å²) in [6.07, 6.45) is 7.42. The Balaban J connectivity index is 1.67. The Morgan fingerprint density at radius 3 is 2.89 bits per heavy atom. The predicted octanol–water partition coefficient (Wildman–Crippen LogP) is 3.87. The van der Waals surface area contributed by atoms with Gasteiger partial charge in [0.2, 0.25) is 0 Å². The van der Waals surface area contributed by atoms with Crippen LogP contribution in [0.5, 0.6) is 0 Å². The molecule has 1 saturated heterocycles. The smallest absolute Gasteiger partial charge is 0.408 e. The average molecular weight is 265 g/mol. The minimum absolute atomic E-state index is 0.0700. The molecule has 18 heavy (non-hydrogen) atoms. The van der Waals surface area contributed by atoms with Crippen molar-refractivity contribution in [3.05, 3.63) is 22.4 Å². The highest BCUT2D eigenvalue weighted by Gasteiger charge is 2.37. The molecule has 4 heteroatoms. The Labute approximate surface area is 112 Å². The molecule has 1 aliphatic carbocycles. The molecule has 1 aromatic rings. The third kappa shape index (κ3) is 2.53. The minimum Gasteiger partial charge on any atom is -0.438 e. The first-order valence-electron chi connectivity index (χ1n) is 6.83. The second-order valence-electron chi connectivity index (χ2n) is 5.33. The lowest BCUT2D eigenvalue weighted by atomic mass is 9.84. The van der Waals surface area contributed by atoms with E-state index in [9.17, 15) is 4.79 Å². The van der Waals surface area contributed by atoms with Gasteiger partial charge in [0.25, 0.3) is 0 Å². The molecule has 0 bridgehead atoms. The van der Waals surface area contributed by atoms with Gasteiger partial charge in [0.1, 0.15) is 0 Å². The molecule has 2 aliphatic rings. The summed E-state index contributed by atoms with van der Waals surface area (Å²) in [5.74, 6) is 0.758. The SMILES string of the molecule is O=C1NC(CC2CCCCC2)C(c2cccs2)O1. The number of nitrogens with one attached hydrogen (secondary N) is 1. The van der Waals surface area contributed by atoms with Crippen molar-refractivity contribution in [2.24, 2.45) is 5.92 Å². The maximum atomic E-state index is 11.5. The summed E-state index contributed by atoms with van der Waals surface area (Å²) < 4.78 is 5.42. The monoisotopic (exact) mass is 265 g/mol. The van der Waals surface area contributed by atoms with Crippen LogP contribution in [0, 0.1) is 5.92 Å². The van der Waals surface area contributed by atoms with Gasteiger partial charge in [-0.25, -0.2) is 4.79 Å². The Bertz CT molecular complexity index is 398. The number of carbonyl (C=O) groups is 1. The third-order valence-electron chi connectivity index (χ3n) is 4.04. The zero-order valence-electron chi connectivity index (χ0n) is 10.4. The van der Waals surface area contributed by atoms with E-state index < -0.39 is 0 Å². The first kappa shape index (κ1) is 12.0. The second-order valence-corrected chi connectivity index (χ2v) is 6.31. The molecule has 3 nitrogen and oxygen atoms in total. The van der Waals surface area contributed by atoms with Crippen LogP contribution in [0.2, 0.25) is 0 Å². The van der Waals surface area contributed by atoms with E-state index in [2.05, 4.69) is 11.4 Å². The lowest BCUT2D eigenvalue weighted by Crippen LogP contribution is -2.30. The zero-order valence-corrected chi connectivity index (χ0v) is 11.2. The van der Waals surface area contributed by atoms with Gasteiger partial charge in [-0.2, -0.15) is 0 Å². The molecule has 2 fully saturated rings. The number of alkyl carbamates (subject to hydrolysis) is 1. The van der Waals surface area contributed by atoms with Crippen LogP contribution in [0.4, 0.5) is 4.79 Å². The summed E-state index contributed by atoms with van der Waals surface area (Å²) in [7, 11) is 0. The minimum atomic E-state index is -0.255. The van der Waals surface area contributed by atoms with E-state index in [0.717, 1.165) is 17.2 Å². The molecule has 2 atom stereocenters. The van der Waals surface area contributed by atoms with Gasteiger partial charge in [0.15, 0.2) is 6.10 Å². The van der Waals surface area contributed by atoms with Gasteiger partial charge in [-0.05, 0) is 23.8 Å². The first-order valence-corrected chi connectivity index (χ1v) is 7.71. The van der Waals surface area contributed by atoms with Crippen LogP contribution in [0.25, 0.3) is 0 Å². The van der Waals surface area contributed by atoms with Crippen LogP contribution in [0.3, 0.4) is 0 Å². The highest BCUT2D eigenvalue weighted by molar-refractivity contribution is 7.10. The lowest BCUT2D eigenvalue weighted by molar-refractivity contribution is 0.128. The molecule has 1 amide bonds. The molecular weight excluding hydrogens is 246 g/mol. The summed E-state index contributed by atoms with van der Waals surface area (Å²) in [6, 6.07) is 4.24. The molecule has 3 rings (SSSR count). The van der Waals surface area contributed by atoms with Gasteiger partial charge in [-0.3, -0.25) is 0 Å². The Kier molecular flexibility index (Phi) is 3.55. The molecule has 2 unspecified atom stereocenters. The number of carbonyl (C=O) groups excluding carboxylic acids is 1. The van der Waals surface area contributed by atoms with Gasteiger partial charge < -0.3 is 10.1 Å². The maximum absolute atomic E-state index is 11.5. The van der Waals surface area contributed by atoms with E-state index >= 15 is 0 Å². The van der Waals surface area contributed by atoms with E-state index in [1.54, 1.807) is 11.3 Å². The van der Waals surface area contributed by atoms with Crippen LogP contribution in [0.15, 0.2) is 17.5 Å². The summed E-state index contributed by atoms with van der Waals surface area (Å²) in [5.41, 5.74) is 0. The van der Waals surface area contributed by atoms with Crippen molar-refractivity contribution in [3.63, 3.8) is 0 Å². The van der Waals surface area contributed by atoms with E-state index in [1.165, 1.54) is 32.1 Å². The van der Waals surface area contributed by atoms with Gasteiger partial charge >= 0.3 is 6.09 Å². The highest BCUT2D eigenvalue weighted by Crippen LogP contribution is 2.36. The summed E-state index contributed by atoms with van der Waals surface area (Å²) in [6.45, 7) is 0. The topological polar surface area (TPSA) is 38.3 Å². The molecule has 1 aromatic heterocycles. The van der Waals surface area contributed by atoms with Crippen molar-refractivity contribution in [1.29, 1.82) is 0 Å². The fourth-order valence-electron chi connectivity index (χ4n) is 3.13. The van der Waals surface area contributed by atoms with E-state index in [4.69, 9.17) is 4.74 Å². The summed E-state index contributed by atoms with van der Waals surface area (Å²) >= 11 is 1.67. The summed E-state index contributed by atoms with van der Waals surface area (Å²) in [5, 5.41) is 5.03. The Morgan fingerprint density at radius 2 is 2.17 bits per heavy atom. The van der Waals surface area contributed by atoms with Crippen LogP contribution < -0.4 is 5.32 Å². The molecule has 1 aliphatic heterocycles. The second kappa shape index (κ2) is 5.31. The molecule has 2 heterocycles. The van der Waals surface area contributed by atoms with Crippen molar-refractivity contribution in [3.8, 4) is 0 Å². The fraction of sp³-hybridized carbons (Fsp3) is 0.643. The third-order valence-corrected chi connectivity index (χ3v) is 4.97. The number of hydrogen-bond acceptors (Lipinski definition) is 3. The molecule has 0 spiro atoms. The normalized spacial score (nSPS) is 29.0. The fourth-order valence-corrected chi connectivity index (χ4v) is 3.95. The van der Waals surface area contributed by atoms with E-state index in [-0.39, 0.29) is 18.2 Å². The number of cyclic esters (lactones) is 1. The van der Waals surface area contributed by atoms with Crippen molar-refractivity contribution in [2.75, 3.05) is 0 Å². The van der Waals surface area contributed by atoms with Gasteiger partial charge in [0, 0.05) is 4.88 Å². The molecule has 1 N–H and O–H groups in total. The maximum Gasteiger partial charge on any atom is 0.408 e. The predicted molar refractivity (Wildman–Crippen MR) is 71.7 cm³/mol. The van der Waals surface area contributed by atoms with E-state index in [1.807, 2.05) is 11.4 Å². The largest absolute Gasteiger partial charge is 0.438 e. The van der Waals surface area contributed by atoms with Crippen molar-refractivity contribution >= 4 is 17.4 Å². The first-order chi connectivity index (χ1) is 8.83. The number of amides is 1. The molecule has 0 aromatic carbocycles. The average Bonchev–Trinajstić information content (AvgIpc) is 3.00. The highest BCUT2D eigenvalue weighted by atomic mass is 32.1. The Hall–Kier alpha value is -1.03. The molecular formula is C14H19NO2S. The molecule has 0 radical (unpaired) electrons. The standard InChI is InChI=1S/C14H19NO2S/c16-14-15-11(9-10-5-2-1-3-6-10)13(17-14)12-7-4-8-18-12/h4,7-8,10-11,13H,1-3,5-6,9H2,(H,15,16). The molecule has 1 saturated carbocycles. The van der Waals surface area contributed by atoms with Gasteiger partial charge in [-0.1, -0.05) is 38.2 Å². The summed E-state index contributed by atoms with van der Waals surface area (Å²) in [4.78, 5) is 12.6. The van der Waals surface area contributed by atoms with Gasteiger partial charge in [-0.15, -0.1) is 11.3 Å². The lowest BCUT2D eigenvalue weighted by Gasteiger charge is -2.25. The van der Waals surface area contributed by atoms with Gasteiger partial charge in [0.05, 0.1) is 6.04 Å². The zero-order chi connectivity index (χ0) is 12.4. The number of ether oxygens (including phenoxy) is 1. The quantitative estimate of drug-likeness (QED) is 0.901. The molecule has 98 valence electrons. The number of thiophene rings is 1.